The molecule has 0 fully saturated rings. The van der Waals surface area contributed by atoms with Crippen molar-refractivity contribution in [1.82, 2.24) is 0 Å². The van der Waals surface area contributed by atoms with E-state index in [0.717, 1.165) is 44.9 Å². The Labute approximate surface area is 324 Å². The second kappa shape index (κ2) is 45.2. The first-order valence-electron chi connectivity index (χ1n) is 22.4. The van der Waals surface area contributed by atoms with Gasteiger partial charge in [-0.1, -0.05) is 190 Å². The van der Waals surface area contributed by atoms with Crippen LogP contribution in [0.1, 0.15) is 213 Å². The number of carbonyl (C=O) groups is 1. The predicted molar refractivity (Wildman–Crippen MR) is 228 cm³/mol. The van der Waals surface area contributed by atoms with Crippen molar-refractivity contribution in [1.29, 1.82) is 0 Å². The molecule has 0 saturated heterocycles. The molecule has 0 aromatic heterocycles. The minimum Gasteiger partial charge on any atom is -0.457 e. The molecule has 1 unspecified atom stereocenters. The molecule has 0 aromatic rings. The topological polar surface area (TPSA) is 55.8 Å². The number of ether oxygens (including phenoxy) is 2. The van der Waals surface area contributed by atoms with Crippen molar-refractivity contribution in [3.63, 3.8) is 0 Å². The molecule has 0 aliphatic carbocycles. The molecule has 0 bridgehead atoms. The first-order valence-corrected chi connectivity index (χ1v) is 22.4. The fraction of sp³-hybridized carbons (Fsp3) is 0.771. The molecule has 0 aliphatic rings. The SMILES string of the molecule is CC/C=C\C/C=C\C/C=C\C/C=C\CCCCCCCCCCCCCCC(=O)OC(CO)COCCCCCCCC/C=C\CCCCCCC. The van der Waals surface area contributed by atoms with E-state index in [1.54, 1.807) is 0 Å². The number of aliphatic hydroxyl groups is 1. The third-order valence-corrected chi connectivity index (χ3v) is 9.58. The third kappa shape index (κ3) is 42.5. The largest absolute Gasteiger partial charge is 0.457 e. The van der Waals surface area contributed by atoms with Gasteiger partial charge in [0.1, 0.15) is 6.10 Å². The predicted octanol–water partition coefficient (Wildman–Crippen LogP) is 14.8. The van der Waals surface area contributed by atoms with Gasteiger partial charge in [0.05, 0.1) is 13.2 Å². The first-order chi connectivity index (χ1) is 25.7. The molecule has 1 N–H and O–H groups in total. The van der Waals surface area contributed by atoms with Crippen LogP contribution >= 0.6 is 0 Å². The summed E-state index contributed by atoms with van der Waals surface area (Å²) in [4.78, 5) is 12.2. The smallest absolute Gasteiger partial charge is 0.306 e. The van der Waals surface area contributed by atoms with E-state index in [9.17, 15) is 9.90 Å². The summed E-state index contributed by atoms with van der Waals surface area (Å²) >= 11 is 0. The Kier molecular flexibility index (Phi) is 43.6. The molecule has 0 rings (SSSR count). The van der Waals surface area contributed by atoms with E-state index in [1.165, 1.54) is 148 Å². The lowest BCUT2D eigenvalue weighted by Gasteiger charge is -2.15. The van der Waals surface area contributed by atoms with Crippen molar-refractivity contribution in [3.8, 4) is 0 Å². The normalized spacial score (nSPS) is 12.9. The Morgan fingerprint density at radius 1 is 0.481 bits per heavy atom. The van der Waals surface area contributed by atoms with E-state index in [0.29, 0.717) is 19.6 Å². The summed E-state index contributed by atoms with van der Waals surface area (Å²) in [5.74, 6) is -0.206. The molecule has 0 radical (unpaired) electrons. The summed E-state index contributed by atoms with van der Waals surface area (Å²) in [7, 11) is 0. The molecule has 0 amide bonds. The zero-order chi connectivity index (χ0) is 37.7. The molecular weight excluding hydrogens is 641 g/mol. The number of hydrogen-bond acceptors (Lipinski definition) is 4. The summed E-state index contributed by atoms with van der Waals surface area (Å²) in [6.45, 7) is 5.22. The maximum Gasteiger partial charge on any atom is 0.306 e. The number of rotatable bonds is 41. The van der Waals surface area contributed by atoms with Gasteiger partial charge >= 0.3 is 5.97 Å². The number of esters is 1. The van der Waals surface area contributed by atoms with E-state index in [-0.39, 0.29) is 12.6 Å². The minimum absolute atomic E-state index is 0.176. The Morgan fingerprint density at radius 2 is 0.865 bits per heavy atom. The average molecular weight is 727 g/mol. The third-order valence-electron chi connectivity index (χ3n) is 9.58. The second-order valence-corrected chi connectivity index (χ2v) is 14.7. The van der Waals surface area contributed by atoms with Gasteiger partial charge < -0.3 is 14.6 Å². The maximum atomic E-state index is 12.2. The lowest BCUT2D eigenvalue weighted by Crippen LogP contribution is -2.27. The molecule has 0 aromatic carbocycles. The highest BCUT2D eigenvalue weighted by Crippen LogP contribution is 2.14. The van der Waals surface area contributed by atoms with Crippen molar-refractivity contribution >= 4 is 5.97 Å². The molecule has 4 heteroatoms. The highest BCUT2D eigenvalue weighted by molar-refractivity contribution is 5.69. The molecule has 0 aliphatic heterocycles. The summed E-state index contributed by atoms with van der Waals surface area (Å²) in [5, 5.41) is 9.61. The van der Waals surface area contributed by atoms with E-state index >= 15 is 0 Å². The lowest BCUT2D eigenvalue weighted by atomic mass is 10.0. The van der Waals surface area contributed by atoms with Crippen molar-refractivity contribution in [2.45, 2.75) is 219 Å². The molecule has 1 atom stereocenters. The first kappa shape index (κ1) is 50.1. The Morgan fingerprint density at radius 3 is 1.33 bits per heavy atom. The van der Waals surface area contributed by atoms with Crippen LogP contribution in [-0.2, 0) is 14.3 Å². The van der Waals surface area contributed by atoms with E-state index in [1.807, 2.05) is 0 Å². The fourth-order valence-corrected chi connectivity index (χ4v) is 6.26. The Bertz CT molecular complexity index is 854. The number of allylic oxidation sites excluding steroid dienone is 10. The van der Waals surface area contributed by atoms with Gasteiger partial charge in [0, 0.05) is 13.0 Å². The monoisotopic (exact) mass is 727 g/mol. The summed E-state index contributed by atoms with van der Waals surface area (Å²) in [6, 6.07) is 0. The van der Waals surface area contributed by atoms with Gasteiger partial charge in [-0.05, 0) is 77.0 Å². The van der Waals surface area contributed by atoms with Crippen LogP contribution in [0.5, 0.6) is 0 Å². The lowest BCUT2D eigenvalue weighted by molar-refractivity contribution is -0.154. The van der Waals surface area contributed by atoms with Crippen LogP contribution in [-0.4, -0.2) is 37.0 Å². The van der Waals surface area contributed by atoms with Crippen LogP contribution in [0.4, 0.5) is 0 Å². The number of carbonyl (C=O) groups excluding carboxylic acids is 1. The van der Waals surface area contributed by atoms with Gasteiger partial charge in [-0.2, -0.15) is 0 Å². The van der Waals surface area contributed by atoms with Gasteiger partial charge in [0.15, 0.2) is 0 Å². The highest BCUT2D eigenvalue weighted by Gasteiger charge is 2.13. The molecule has 302 valence electrons. The van der Waals surface area contributed by atoms with Crippen LogP contribution in [0.2, 0.25) is 0 Å². The van der Waals surface area contributed by atoms with Crippen LogP contribution in [0.25, 0.3) is 0 Å². The van der Waals surface area contributed by atoms with Gasteiger partial charge in [-0.25, -0.2) is 0 Å². The van der Waals surface area contributed by atoms with Crippen LogP contribution in [0.3, 0.4) is 0 Å². The Hall–Kier alpha value is -1.91. The molecule has 0 saturated carbocycles. The molecular formula is C48H86O4. The standard InChI is InChI=1S/C48H86O4/c1-3-5-7-9-11-13-15-17-19-20-21-22-23-24-25-26-27-28-29-31-33-35-37-39-41-43-48(50)52-47(45-49)46-51-44-42-40-38-36-34-32-30-18-16-14-12-10-8-6-4-2/h5,7,11,13,16-19,21-22,47,49H,3-4,6,8-10,12,14-15,20,23-46H2,1-2H3/b7-5-,13-11-,18-16-,19-17-,22-21-. The second-order valence-electron chi connectivity index (χ2n) is 14.7. The zero-order valence-corrected chi connectivity index (χ0v) is 34.6. The summed E-state index contributed by atoms with van der Waals surface area (Å²) in [5.41, 5.74) is 0. The highest BCUT2D eigenvalue weighted by atomic mass is 16.6. The van der Waals surface area contributed by atoms with Gasteiger partial charge in [0.2, 0.25) is 0 Å². The van der Waals surface area contributed by atoms with E-state index < -0.39 is 6.10 Å². The fourth-order valence-electron chi connectivity index (χ4n) is 6.26. The zero-order valence-electron chi connectivity index (χ0n) is 34.6. The van der Waals surface area contributed by atoms with Gasteiger partial charge in [-0.15, -0.1) is 0 Å². The number of hydrogen-bond donors (Lipinski definition) is 1. The average Bonchev–Trinajstić information content (AvgIpc) is 3.15. The molecule has 4 nitrogen and oxygen atoms in total. The van der Waals surface area contributed by atoms with E-state index in [4.69, 9.17) is 9.47 Å². The van der Waals surface area contributed by atoms with Crippen LogP contribution in [0, 0.1) is 0 Å². The molecule has 0 heterocycles. The van der Waals surface area contributed by atoms with Gasteiger partial charge in [0.25, 0.3) is 0 Å². The van der Waals surface area contributed by atoms with Crippen molar-refractivity contribution in [2.24, 2.45) is 0 Å². The quantitative estimate of drug-likeness (QED) is 0.0387. The van der Waals surface area contributed by atoms with Crippen LogP contribution in [0.15, 0.2) is 60.8 Å². The van der Waals surface area contributed by atoms with E-state index in [2.05, 4.69) is 74.6 Å². The van der Waals surface area contributed by atoms with Crippen molar-refractivity contribution in [2.75, 3.05) is 19.8 Å². The number of aliphatic hydroxyl groups excluding tert-OH is 1. The van der Waals surface area contributed by atoms with Gasteiger partial charge in [-0.3, -0.25) is 4.79 Å². The van der Waals surface area contributed by atoms with Crippen molar-refractivity contribution < 1.29 is 19.4 Å². The Balaban J connectivity index is 3.43. The number of unbranched alkanes of at least 4 members (excludes halogenated alkanes) is 23. The minimum atomic E-state index is -0.539. The maximum absolute atomic E-state index is 12.2. The molecule has 0 spiro atoms. The molecule has 52 heavy (non-hydrogen) atoms. The van der Waals surface area contributed by atoms with Crippen LogP contribution < -0.4 is 0 Å². The summed E-state index contributed by atoms with van der Waals surface area (Å²) < 4.78 is 11.2. The van der Waals surface area contributed by atoms with Crippen molar-refractivity contribution in [3.05, 3.63) is 60.8 Å². The summed E-state index contributed by atoms with van der Waals surface area (Å²) in [6.07, 6.45) is 60.0.